The molecule has 2 saturated heterocycles. The molecule has 0 bridgehead atoms. The van der Waals surface area contributed by atoms with Gasteiger partial charge in [0.15, 0.2) is 5.65 Å². The van der Waals surface area contributed by atoms with Crippen molar-refractivity contribution in [2.24, 2.45) is 5.41 Å². The van der Waals surface area contributed by atoms with Crippen molar-refractivity contribution in [2.45, 2.75) is 97.1 Å². The van der Waals surface area contributed by atoms with E-state index >= 15 is 0 Å². The molecule has 0 aliphatic carbocycles. The van der Waals surface area contributed by atoms with Gasteiger partial charge in [0, 0.05) is 44.4 Å². The summed E-state index contributed by atoms with van der Waals surface area (Å²) in [5, 5.41) is 40.3. The molecule has 2 fully saturated rings. The van der Waals surface area contributed by atoms with Gasteiger partial charge in [-0.25, -0.2) is 29.1 Å². The zero-order chi connectivity index (χ0) is 60.6. The average Bonchev–Trinajstić information content (AvgIpc) is 2.19. The molecule has 6 heterocycles. The molecule has 452 valence electrons. The number of likely N-dealkylation sites (tertiary alicyclic amines) is 2. The summed E-state index contributed by atoms with van der Waals surface area (Å²) in [5.74, 6) is 0.451. The fourth-order valence-corrected chi connectivity index (χ4v) is 11.0. The Hall–Kier alpha value is -8.67. The summed E-state index contributed by atoms with van der Waals surface area (Å²) in [7, 11) is 0. The molecule has 4 amide bonds. The van der Waals surface area contributed by atoms with E-state index in [1.807, 2.05) is 96.7 Å². The summed E-state index contributed by atoms with van der Waals surface area (Å²) < 4.78 is 31.7. The van der Waals surface area contributed by atoms with E-state index in [0.717, 1.165) is 39.4 Å². The third kappa shape index (κ3) is 16.2. The molecule has 2 aliphatic rings. The lowest BCUT2D eigenvalue weighted by Gasteiger charge is -2.35. The Balaban J connectivity index is 0.631. The van der Waals surface area contributed by atoms with Crippen molar-refractivity contribution in [3.05, 3.63) is 125 Å². The van der Waals surface area contributed by atoms with Gasteiger partial charge in [0.25, 0.3) is 5.91 Å². The maximum atomic E-state index is 14.0. The zero-order valence-corrected chi connectivity index (χ0v) is 49.5. The molecule has 7 aromatic rings. The lowest BCUT2D eigenvalue weighted by molar-refractivity contribution is -0.142. The Morgan fingerprint density at radius 3 is 2.31 bits per heavy atom. The summed E-state index contributed by atoms with van der Waals surface area (Å²) in [6.45, 7) is 10.4. The number of hydrogen-bond donors (Lipinski definition) is 4. The van der Waals surface area contributed by atoms with Crippen LogP contribution in [0.2, 0.25) is 0 Å². The molecule has 0 saturated carbocycles. The number of piperidine rings is 1. The number of aromatic nitrogens is 8. The summed E-state index contributed by atoms with van der Waals surface area (Å²) in [4.78, 5) is 71.4. The van der Waals surface area contributed by atoms with Gasteiger partial charge in [0.1, 0.15) is 59.7 Å². The number of allylic oxidation sites excluding steroid dienone is 1. The van der Waals surface area contributed by atoms with Gasteiger partial charge in [-0.2, -0.15) is 10.4 Å². The fourth-order valence-electron chi connectivity index (χ4n) is 10.2. The van der Waals surface area contributed by atoms with Crippen molar-refractivity contribution >= 4 is 52.0 Å². The highest BCUT2D eigenvalue weighted by Gasteiger charge is 2.45. The number of nitrogens with two attached hydrogens (primary N) is 1. The number of carbonyl (C=O) groups excluding carboxylic acids is 4. The second kappa shape index (κ2) is 29.4. The van der Waals surface area contributed by atoms with Crippen LogP contribution in [-0.4, -0.2) is 163 Å². The van der Waals surface area contributed by atoms with E-state index in [2.05, 4.69) is 42.0 Å². The first-order chi connectivity index (χ1) is 41.6. The van der Waals surface area contributed by atoms with E-state index < -0.39 is 41.5 Å². The number of aliphatic hydroxyl groups is 1. The lowest BCUT2D eigenvalue weighted by atomic mass is 9.85. The summed E-state index contributed by atoms with van der Waals surface area (Å²) in [6, 6.07) is 24.8. The maximum Gasteiger partial charge on any atom is 0.407 e. The number of fused-ring (bicyclic) bond motifs is 1. The first kappa shape index (κ1) is 61.9. The molecular weight excluding hydrogens is 1120 g/mol. The molecule has 4 unspecified atom stereocenters. The van der Waals surface area contributed by atoms with Crippen LogP contribution in [0, 0.1) is 23.7 Å². The Morgan fingerprint density at radius 1 is 0.895 bits per heavy atom. The normalized spacial score (nSPS) is 16.7. The van der Waals surface area contributed by atoms with Crippen molar-refractivity contribution in [1.29, 1.82) is 5.26 Å². The number of nitrogen functional groups attached to an aromatic ring is 1. The molecule has 4 atom stereocenters. The Labute approximate surface area is 502 Å². The number of carbonyl (C=O) groups is 4. The van der Waals surface area contributed by atoms with Gasteiger partial charge < -0.3 is 55.0 Å². The maximum absolute atomic E-state index is 14.0. The Morgan fingerprint density at radius 2 is 1.60 bits per heavy atom. The van der Waals surface area contributed by atoms with Crippen LogP contribution in [0.4, 0.5) is 10.6 Å². The number of nitrogens with zero attached hydrogens (tertiary/aromatic N) is 11. The molecule has 0 radical (unpaired) electrons. The highest BCUT2D eigenvalue weighted by Crippen LogP contribution is 2.36. The van der Waals surface area contributed by atoms with Crippen LogP contribution in [-0.2, 0) is 52.8 Å². The van der Waals surface area contributed by atoms with E-state index in [4.69, 9.17) is 34.5 Å². The van der Waals surface area contributed by atoms with Gasteiger partial charge in [-0.1, -0.05) is 74.5 Å². The summed E-state index contributed by atoms with van der Waals surface area (Å²) in [5.41, 5.74) is 13.1. The third-order valence-electron chi connectivity index (χ3n) is 14.7. The number of rotatable bonds is 26. The molecule has 4 aromatic heterocycles. The number of para-hydroxylation sites is 1. The number of aryl methyl sites for hydroxylation is 2. The highest BCUT2D eigenvalue weighted by atomic mass is 32.1. The summed E-state index contributed by atoms with van der Waals surface area (Å²) in [6.07, 6.45) is 5.55. The second-order valence-corrected chi connectivity index (χ2v) is 22.8. The number of ether oxygens (including phenoxy) is 5. The molecule has 3 aromatic carbocycles. The minimum absolute atomic E-state index is 0.0493. The number of alkyl carbamates (subject to hydrolysis) is 1. The minimum atomic E-state index is -1.05. The van der Waals surface area contributed by atoms with Crippen LogP contribution in [0.3, 0.4) is 0 Å². The van der Waals surface area contributed by atoms with Crippen LogP contribution >= 0.6 is 11.3 Å². The number of thiazole rings is 1. The van der Waals surface area contributed by atoms with Crippen LogP contribution in [0.1, 0.15) is 69.4 Å². The molecule has 25 heteroatoms. The lowest BCUT2D eigenvalue weighted by Crippen LogP contribution is -2.57. The molecule has 9 rings (SSSR count). The van der Waals surface area contributed by atoms with Crippen LogP contribution < -0.4 is 21.1 Å². The quantitative estimate of drug-likeness (QED) is 0.0252. The topological polar surface area (TPSA) is 302 Å². The van der Waals surface area contributed by atoms with Gasteiger partial charge in [0.2, 0.25) is 11.8 Å². The number of β-amino-alcohol motifs (C(OH)–C–C–N with tert-alkyl or cyclic N) is 1. The van der Waals surface area contributed by atoms with E-state index in [0.29, 0.717) is 92.7 Å². The van der Waals surface area contributed by atoms with Crippen molar-refractivity contribution < 1.29 is 48.0 Å². The predicted octanol–water partition coefficient (Wildman–Crippen LogP) is 6.61. The number of aliphatic hydroxyl groups excluding tert-OH is 1. The molecular formula is C61H72N14O10S. The first-order valence-corrected chi connectivity index (χ1v) is 29.5. The summed E-state index contributed by atoms with van der Waals surface area (Å²) >= 11 is 1.56. The van der Waals surface area contributed by atoms with Gasteiger partial charge in [-0.3, -0.25) is 14.4 Å². The zero-order valence-electron chi connectivity index (χ0n) is 48.7. The Bertz CT molecular complexity index is 3490. The van der Waals surface area contributed by atoms with E-state index in [1.54, 1.807) is 53.3 Å². The SMILES string of the molecule is Cc1ncsc1-c1ccc(CNC(=O)C2CC(O)CN2C(=O)C(NC(=O)OCCOCCOCCOCCn2cc(CCC=C(C#N)C(=O)N3CCCC(n4nc(-c5ccc(Oc6ccccc6)cc5)c5c(N)ncnc54)C3)nn2)C(C)(C)C)cc1. The first-order valence-electron chi connectivity index (χ1n) is 28.7. The van der Waals surface area contributed by atoms with Crippen molar-refractivity contribution in [3.63, 3.8) is 0 Å². The number of nitriles is 1. The third-order valence-corrected chi connectivity index (χ3v) is 15.7. The van der Waals surface area contributed by atoms with Gasteiger partial charge in [0.05, 0.1) is 85.5 Å². The van der Waals surface area contributed by atoms with E-state index in [-0.39, 0.29) is 63.5 Å². The highest BCUT2D eigenvalue weighted by molar-refractivity contribution is 7.13. The number of amides is 4. The second-order valence-electron chi connectivity index (χ2n) is 22.0. The fraction of sp³-hybridized carbons (Fsp3) is 0.426. The molecule has 24 nitrogen and oxygen atoms in total. The standard InChI is InChI=1S/C61H72N14O10S/c1-40-53(86-39-67-40)43-17-15-41(16-18-43)34-64-57(77)50-32-47(76)37-74(50)59(79)54(61(2,3)4)68-60(80)84-31-30-83-29-28-82-27-26-81-25-24-73-35-45(69-71-73)11-8-10-44(33-62)58(78)72-23-9-12-46(36-72)75-56-51(55(63)65-38-66-56)52(70-75)42-19-21-49(22-20-42)85-48-13-6-5-7-14-48/h5-7,10,13-22,35,38-39,46-47,50,54,76H,8-9,11-12,23-32,34,36-37H2,1-4H3,(H,64,77)(H,68,80)(H2,63,65,66). The Kier molecular flexibility index (Phi) is 21.2. The number of anilines is 1. The van der Waals surface area contributed by atoms with Gasteiger partial charge in [-0.05, 0) is 85.5 Å². The smallest absolute Gasteiger partial charge is 0.407 e. The largest absolute Gasteiger partial charge is 0.457 e. The molecule has 86 heavy (non-hydrogen) atoms. The van der Waals surface area contributed by atoms with Crippen molar-refractivity contribution in [2.75, 3.05) is 71.6 Å². The monoisotopic (exact) mass is 1190 g/mol. The van der Waals surface area contributed by atoms with Crippen molar-refractivity contribution in [3.8, 4) is 39.3 Å². The van der Waals surface area contributed by atoms with Crippen molar-refractivity contribution in [1.82, 2.24) is 60.2 Å². The minimum Gasteiger partial charge on any atom is -0.457 e. The van der Waals surface area contributed by atoms with Crippen LogP contribution in [0.5, 0.6) is 11.5 Å². The van der Waals surface area contributed by atoms with Crippen LogP contribution in [0.15, 0.2) is 109 Å². The number of nitrogens with one attached hydrogen (secondary N) is 2. The average molecular weight is 1190 g/mol. The molecule has 2 aliphatic heterocycles. The predicted molar refractivity (Wildman–Crippen MR) is 319 cm³/mol. The van der Waals surface area contributed by atoms with Gasteiger partial charge >= 0.3 is 6.09 Å². The van der Waals surface area contributed by atoms with E-state index in [9.17, 15) is 29.5 Å². The molecule has 5 N–H and O–H groups in total. The number of hydrogen-bond acceptors (Lipinski definition) is 19. The van der Waals surface area contributed by atoms with E-state index in [1.165, 1.54) is 11.2 Å². The van der Waals surface area contributed by atoms with Crippen LogP contribution in [0.25, 0.3) is 32.7 Å². The molecule has 0 spiro atoms. The van der Waals surface area contributed by atoms with Gasteiger partial charge in [-0.15, -0.1) is 16.4 Å². The number of benzene rings is 3.